The first-order chi connectivity index (χ1) is 12.2. The van der Waals surface area contributed by atoms with Crippen LogP contribution in [0.3, 0.4) is 0 Å². The lowest BCUT2D eigenvalue weighted by Crippen LogP contribution is -2.04. The van der Waals surface area contributed by atoms with Crippen LogP contribution < -0.4 is 0 Å². The van der Waals surface area contributed by atoms with Crippen LogP contribution in [0.5, 0.6) is 0 Å². The van der Waals surface area contributed by atoms with Crippen molar-refractivity contribution in [2.75, 3.05) is 0 Å². The summed E-state index contributed by atoms with van der Waals surface area (Å²) < 4.78 is 0. The minimum atomic E-state index is 0.472. The highest BCUT2D eigenvalue weighted by atomic mass is 35.5. The number of thiazole rings is 1. The van der Waals surface area contributed by atoms with E-state index in [1.807, 2.05) is 60.8 Å². The summed E-state index contributed by atoms with van der Waals surface area (Å²) in [7, 11) is 0. The van der Waals surface area contributed by atoms with Gasteiger partial charge in [0.1, 0.15) is 11.6 Å². The summed E-state index contributed by atoms with van der Waals surface area (Å²) in [5, 5.41) is 16.3. The van der Waals surface area contributed by atoms with Crippen molar-refractivity contribution in [1.29, 1.82) is 0 Å². The van der Waals surface area contributed by atoms with Crippen molar-refractivity contribution in [3.05, 3.63) is 70.2 Å². The Hall–Kier alpha value is -2.57. The quantitative estimate of drug-likeness (QED) is 0.534. The van der Waals surface area contributed by atoms with E-state index in [0.717, 1.165) is 21.8 Å². The van der Waals surface area contributed by atoms with Gasteiger partial charge in [-0.2, -0.15) is 4.80 Å². The van der Waals surface area contributed by atoms with Gasteiger partial charge in [-0.05, 0) is 18.2 Å². The van der Waals surface area contributed by atoms with Gasteiger partial charge in [-0.25, -0.2) is 4.98 Å². The molecule has 2 aromatic carbocycles. The molecule has 0 aliphatic rings. The zero-order chi connectivity index (χ0) is 17.2. The monoisotopic (exact) mass is 367 g/mol. The second kappa shape index (κ2) is 6.74. The number of rotatable bonds is 4. The predicted molar refractivity (Wildman–Crippen MR) is 99.7 cm³/mol. The number of benzene rings is 2. The van der Waals surface area contributed by atoms with Crippen LogP contribution in [0.4, 0.5) is 0 Å². The maximum Gasteiger partial charge on any atom is 0.204 e. The minimum absolute atomic E-state index is 0.472. The fraction of sp³-hybridized carbons (Fsp3) is 0.111. The summed E-state index contributed by atoms with van der Waals surface area (Å²) in [4.78, 5) is 6.19. The number of nitrogens with zero attached hydrogens (tertiary/aromatic N) is 5. The van der Waals surface area contributed by atoms with Crippen molar-refractivity contribution in [1.82, 2.24) is 25.2 Å². The van der Waals surface area contributed by atoms with Gasteiger partial charge < -0.3 is 0 Å². The van der Waals surface area contributed by atoms with Crippen molar-refractivity contribution in [2.45, 2.75) is 13.5 Å². The Morgan fingerprint density at radius 3 is 2.68 bits per heavy atom. The standard InChI is InChI=1S/C18H14ClN5S/c1-12-6-8-13(9-7-12)17-21-23-24(22-17)10-14-11-25-18(20-14)15-4-2-3-5-16(15)19/h2-9,11H,10H2,1H3. The summed E-state index contributed by atoms with van der Waals surface area (Å²) in [6.07, 6.45) is 0. The van der Waals surface area contributed by atoms with Crippen molar-refractivity contribution in [3.63, 3.8) is 0 Å². The molecule has 4 aromatic rings. The lowest BCUT2D eigenvalue weighted by atomic mass is 10.1. The second-order valence-electron chi connectivity index (χ2n) is 5.63. The lowest BCUT2D eigenvalue weighted by Gasteiger charge is -1.98. The maximum absolute atomic E-state index is 6.24. The Morgan fingerprint density at radius 1 is 1.08 bits per heavy atom. The molecule has 0 aliphatic carbocycles. The molecule has 25 heavy (non-hydrogen) atoms. The number of aryl methyl sites for hydroxylation is 1. The van der Waals surface area contributed by atoms with Crippen LogP contribution in [0.2, 0.25) is 5.02 Å². The zero-order valence-corrected chi connectivity index (χ0v) is 15.0. The first-order valence-electron chi connectivity index (χ1n) is 7.73. The molecule has 2 heterocycles. The Morgan fingerprint density at radius 2 is 1.88 bits per heavy atom. The summed E-state index contributed by atoms with van der Waals surface area (Å²) in [6.45, 7) is 2.52. The first-order valence-corrected chi connectivity index (χ1v) is 8.99. The highest BCUT2D eigenvalue weighted by Crippen LogP contribution is 2.30. The molecule has 0 saturated heterocycles. The molecule has 4 rings (SSSR count). The minimum Gasteiger partial charge on any atom is -0.239 e. The van der Waals surface area contributed by atoms with Gasteiger partial charge in [-0.15, -0.1) is 21.5 Å². The van der Waals surface area contributed by atoms with Gasteiger partial charge in [0.05, 0.1) is 10.7 Å². The number of hydrogen-bond acceptors (Lipinski definition) is 5. The van der Waals surface area contributed by atoms with Crippen LogP contribution in [0.1, 0.15) is 11.3 Å². The molecule has 2 aromatic heterocycles. The molecule has 0 fully saturated rings. The number of aromatic nitrogens is 5. The Kier molecular flexibility index (Phi) is 4.29. The number of halogens is 1. The molecule has 5 nitrogen and oxygen atoms in total. The highest BCUT2D eigenvalue weighted by Gasteiger charge is 2.11. The van der Waals surface area contributed by atoms with Crippen LogP contribution in [0.25, 0.3) is 22.0 Å². The van der Waals surface area contributed by atoms with E-state index in [1.165, 1.54) is 5.56 Å². The van der Waals surface area contributed by atoms with Crippen LogP contribution in [-0.2, 0) is 6.54 Å². The molecule has 0 bridgehead atoms. The second-order valence-corrected chi connectivity index (χ2v) is 6.90. The molecule has 0 radical (unpaired) electrons. The summed E-state index contributed by atoms with van der Waals surface area (Å²) in [5.74, 6) is 0.613. The lowest BCUT2D eigenvalue weighted by molar-refractivity contribution is 0.566. The molecule has 0 aliphatic heterocycles. The molecule has 0 saturated carbocycles. The normalized spacial score (nSPS) is 11.0. The van der Waals surface area contributed by atoms with Gasteiger partial charge in [-0.3, -0.25) is 0 Å². The molecule has 0 N–H and O–H groups in total. The Balaban J connectivity index is 1.54. The maximum atomic E-state index is 6.24. The van der Waals surface area contributed by atoms with Gasteiger partial charge in [-0.1, -0.05) is 59.6 Å². The van der Waals surface area contributed by atoms with Gasteiger partial charge in [0.15, 0.2) is 0 Å². The molecule has 124 valence electrons. The third kappa shape index (κ3) is 3.45. The average Bonchev–Trinajstić information content (AvgIpc) is 3.26. The first kappa shape index (κ1) is 15.9. The van der Waals surface area contributed by atoms with Crippen molar-refractivity contribution >= 4 is 22.9 Å². The Bertz CT molecular complexity index is 1010. The molecular weight excluding hydrogens is 354 g/mol. The average molecular weight is 368 g/mol. The zero-order valence-electron chi connectivity index (χ0n) is 13.4. The van der Waals surface area contributed by atoms with Gasteiger partial charge >= 0.3 is 0 Å². The van der Waals surface area contributed by atoms with E-state index in [9.17, 15) is 0 Å². The fourth-order valence-electron chi connectivity index (χ4n) is 2.41. The molecule has 0 unspecified atom stereocenters. The Labute approximate surface area is 153 Å². The van der Waals surface area contributed by atoms with Crippen LogP contribution in [-0.4, -0.2) is 25.2 Å². The third-order valence-electron chi connectivity index (χ3n) is 3.72. The van der Waals surface area contributed by atoms with Gasteiger partial charge in [0, 0.05) is 16.5 Å². The molecule has 7 heteroatoms. The topological polar surface area (TPSA) is 56.5 Å². The smallest absolute Gasteiger partial charge is 0.204 e. The molecular formula is C18H14ClN5S. The van der Waals surface area contributed by atoms with Crippen molar-refractivity contribution in [2.24, 2.45) is 0 Å². The van der Waals surface area contributed by atoms with Gasteiger partial charge in [0.25, 0.3) is 0 Å². The van der Waals surface area contributed by atoms with E-state index < -0.39 is 0 Å². The summed E-state index contributed by atoms with van der Waals surface area (Å²) in [6, 6.07) is 15.8. The molecule has 0 spiro atoms. The molecule has 0 amide bonds. The van der Waals surface area contributed by atoms with Crippen molar-refractivity contribution < 1.29 is 0 Å². The fourth-order valence-corrected chi connectivity index (χ4v) is 3.54. The van der Waals surface area contributed by atoms with E-state index in [1.54, 1.807) is 16.1 Å². The van der Waals surface area contributed by atoms with E-state index in [-0.39, 0.29) is 0 Å². The number of tetrazole rings is 1. The van der Waals surface area contributed by atoms with Gasteiger partial charge in [0.2, 0.25) is 5.82 Å². The van der Waals surface area contributed by atoms with E-state index in [0.29, 0.717) is 17.4 Å². The predicted octanol–water partition coefficient (Wildman–Crippen LogP) is 4.47. The van der Waals surface area contributed by atoms with Crippen LogP contribution in [0, 0.1) is 6.92 Å². The molecule has 0 atom stereocenters. The van der Waals surface area contributed by atoms with E-state index in [4.69, 9.17) is 11.6 Å². The third-order valence-corrected chi connectivity index (χ3v) is 4.98. The van der Waals surface area contributed by atoms with Crippen LogP contribution >= 0.6 is 22.9 Å². The van der Waals surface area contributed by atoms with Crippen molar-refractivity contribution in [3.8, 4) is 22.0 Å². The SMILES string of the molecule is Cc1ccc(-c2nnn(Cc3csc(-c4ccccc4Cl)n3)n2)cc1. The largest absolute Gasteiger partial charge is 0.239 e. The highest BCUT2D eigenvalue weighted by molar-refractivity contribution is 7.13. The number of hydrogen-bond donors (Lipinski definition) is 0. The summed E-state index contributed by atoms with van der Waals surface area (Å²) >= 11 is 7.79. The summed E-state index contributed by atoms with van der Waals surface area (Å²) in [5.41, 5.74) is 3.97. The van der Waals surface area contributed by atoms with Crippen LogP contribution in [0.15, 0.2) is 53.9 Å². The van der Waals surface area contributed by atoms with E-state index in [2.05, 4.69) is 20.4 Å². The van der Waals surface area contributed by atoms with E-state index >= 15 is 0 Å².